The van der Waals surface area contributed by atoms with Gasteiger partial charge in [0.1, 0.15) is 0 Å². The van der Waals surface area contributed by atoms with E-state index in [4.69, 9.17) is 4.74 Å². The molecule has 0 aliphatic carbocycles. The van der Waals surface area contributed by atoms with Crippen LogP contribution in [0, 0.1) is 0 Å². The fourth-order valence-corrected chi connectivity index (χ4v) is 5.29. The first kappa shape index (κ1) is 17.8. The van der Waals surface area contributed by atoms with Gasteiger partial charge in [0.15, 0.2) is 0 Å². The quantitative estimate of drug-likeness (QED) is 0.792. The number of aromatic nitrogens is 1. The fourth-order valence-electron chi connectivity index (χ4n) is 2.89. The van der Waals surface area contributed by atoms with E-state index in [-0.39, 0.29) is 12.2 Å². The Hall–Kier alpha value is -1.06. The van der Waals surface area contributed by atoms with E-state index in [0.29, 0.717) is 19.6 Å². The average Bonchev–Trinajstić information content (AvgIpc) is 2.93. The molecule has 1 aliphatic heterocycles. The fraction of sp³-hybridized carbons (Fsp3) is 0.562. The zero-order chi connectivity index (χ0) is 17.2. The van der Waals surface area contributed by atoms with Gasteiger partial charge in [-0.2, -0.15) is 12.7 Å². The molecule has 3 rings (SSSR count). The molecule has 1 saturated heterocycles. The molecule has 132 valence electrons. The lowest BCUT2D eigenvalue weighted by Gasteiger charge is -2.34. The molecule has 2 unspecified atom stereocenters. The molecule has 0 radical (unpaired) electrons. The van der Waals surface area contributed by atoms with Crippen molar-refractivity contribution < 1.29 is 13.2 Å². The van der Waals surface area contributed by atoms with Crippen LogP contribution in [0.15, 0.2) is 24.3 Å². The molecular formula is C16H23N3O3S2. The number of para-hydroxylation sites is 1. The summed E-state index contributed by atoms with van der Waals surface area (Å²) in [5.74, 6) is 0. The molecule has 1 fully saturated rings. The molecule has 24 heavy (non-hydrogen) atoms. The lowest BCUT2D eigenvalue weighted by molar-refractivity contribution is -0.0443. The second-order valence-corrected chi connectivity index (χ2v) is 9.02. The largest absolute Gasteiger partial charge is 0.373 e. The maximum atomic E-state index is 12.4. The molecule has 8 heteroatoms. The Morgan fingerprint density at radius 1 is 1.29 bits per heavy atom. The number of thiazole rings is 1. The van der Waals surface area contributed by atoms with Crippen molar-refractivity contribution in [2.75, 3.05) is 19.6 Å². The van der Waals surface area contributed by atoms with Gasteiger partial charge in [0, 0.05) is 26.1 Å². The second-order valence-electron chi connectivity index (χ2n) is 6.15. The molecule has 0 bridgehead atoms. The number of nitrogens with zero attached hydrogens (tertiary/aromatic N) is 2. The van der Waals surface area contributed by atoms with Crippen molar-refractivity contribution in [3.8, 4) is 0 Å². The van der Waals surface area contributed by atoms with Crippen molar-refractivity contribution in [3.63, 3.8) is 0 Å². The number of nitrogens with one attached hydrogen (secondary N) is 1. The number of hydrogen-bond acceptors (Lipinski definition) is 5. The van der Waals surface area contributed by atoms with E-state index in [1.165, 1.54) is 9.01 Å². The number of rotatable bonds is 6. The van der Waals surface area contributed by atoms with Crippen molar-refractivity contribution in [2.24, 2.45) is 0 Å². The highest BCUT2D eigenvalue weighted by Crippen LogP contribution is 2.22. The summed E-state index contributed by atoms with van der Waals surface area (Å²) >= 11 is 1.67. The minimum Gasteiger partial charge on any atom is -0.373 e. The van der Waals surface area contributed by atoms with Crippen LogP contribution in [0.5, 0.6) is 0 Å². The topological polar surface area (TPSA) is 71.5 Å². The van der Waals surface area contributed by atoms with Crippen LogP contribution in [-0.2, 0) is 21.4 Å². The Kier molecular flexibility index (Phi) is 5.51. The van der Waals surface area contributed by atoms with Gasteiger partial charge in [0.05, 0.1) is 27.4 Å². The van der Waals surface area contributed by atoms with Crippen LogP contribution in [0.4, 0.5) is 0 Å². The van der Waals surface area contributed by atoms with E-state index in [1.807, 2.05) is 32.0 Å². The Morgan fingerprint density at radius 3 is 2.71 bits per heavy atom. The van der Waals surface area contributed by atoms with Crippen LogP contribution in [0.2, 0.25) is 0 Å². The van der Waals surface area contributed by atoms with E-state index in [2.05, 4.69) is 15.8 Å². The van der Waals surface area contributed by atoms with Gasteiger partial charge in [0.25, 0.3) is 10.2 Å². The van der Waals surface area contributed by atoms with E-state index >= 15 is 0 Å². The Balaban J connectivity index is 1.50. The lowest BCUT2D eigenvalue weighted by atomic mass is 10.3. The van der Waals surface area contributed by atoms with Crippen LogP contribution in [0.3, 0.4) is 0 Å². The predicted octanol–water partition coefficient (Wildman–Crippen LogP) is 2.17. The van der Waals surface area contributed by atoms with Crippen LogP contribution in [0.25, 0.3) is 10.2 Å². The molecule has 2 aromatic rings. The number of morpholine rings is 1. The van der Waals surface area contributed by atoms with Crippen molar-refractivity contribution in [2.45, 2.75) is 38.9 Å². The first-order valence-corrected chi connectivity index (χ1v) is 10.4. The molecular weight excluding hydrogens is 346 g/mol. The van der Waals surface area contributed by atoms with Crippen molar-refractivity contribution >= 4 is 31.8 Å². The van der Waals surface area contributed by atoms with Gasteiger partial charge in [-0.3, -0.25) is 0 Å². The highest BCUT2D eigenvalue weighted by Gasteiger charge is 2.30. The van der Waals surface area contributed by atoms with Gasteiger partial charge in [-0.15, -0.1) is 11.3 Å². The van der Waals surface area contributed by atoms with Crippen molar-refractivity contribution in [1.29, 1.82) is 0 Å². The molecule has 0 spiro atoms. The van der Waals surface area contributed by atoms with E-state index in [1.54, 1.807) is 11.3 Å². The molecule has 6 nitrogen and oxygen atoms in total. The molecule has 1 aromatic carbocycles. The van der Waals surface area contributed by atoms with Gasteiger partial charge in [-0.1, -0.05) is 12.1 Å². The first-order valence-electron chi connectivity index (χ1n) is 8.19. The van der Waals surface area contributed by atoms with Crippen LogP contribution >= 0.6 is 11.3 Å². The average molecular weight is 370 g/mol. The second kappa shape index (κ2) is 7.45. The number of fused-ring (bicyclic) bond motifs is 1. The molecule has 0 amide bonds. The third-order valence-corrected chi connectivity index (χ3v) is 6.56. The zero-order valence-corrected chi connectivity index (χ0v) is 15.6. The van der Waals surface area contributed by atoms with Crippen LogP contribution < -0.4 is 4.72 Å². The maximum absolute atomic E-state index is 12.4. The Labute approximate surface area is 147 Å². The third-order valence-electron chi connectivity index (χ3n) is 3.92. The normalized spacial score (nSPS) is 22.9. The van der Waals surface area contributed by atoms with Crippen LogP contribution in [0.1, 0.15) is 25.3 Å². The zero-order valence-electron chi connectivity index (χ0n) is 13.9. The minimum absolute atomic E-state index is 0.0759. The smallest absolute Gasteiger partial charge is 0.279 e. The van der Waals surface area contributed by atoms with Gasteiger partial charge >= 0.3 is 0 Å². The molecule has 1 aromatic heterocycles. The van der Waals surface area contributed by atoms with Crippen molar-refractivity contribution in [1.82, 2.24) is 14.0 Å². The molecule has 0 saturated carbocycles. The summed E-state index contributed by atoms with van der Waals surface area (Å²) in [6.07, 6.45) is 1.35. The molecule has 2 atom stereocenters. The molecule has 1 aliphatic rings. The molecule has 2 heterocycles. The monoisotopic (exact) mass is 369 g/mol. The number of aryl methyl sites for hydroxylation is 1. The maximum Gasteiger partial charge on any atom is 0.279 e. The molecule has 1 N–H and O–H groups in total. The standard InChI is InChI=1S/C16H23N3O3S2/c1-12-10-19(11-13(2)22-12)24(20,21)17-9-5-8-16-18-14-6-3-4-7-15(14)23-16/h3-4,6-7,12-13,17H,5,8-11H2,1-2H3. The first-order chi connectivity index (χ1) is 11.4. The highest BCUT2D eigenvalue weighted by molar-refractivity contribution is 7.87. The lowest BCUT2D eigenvalue weighted by Crippen LogP contribution is -2.52. The number of benzene rings is 1. The minimum atomic E-state index is -3.44. The van der Waals surface area contributed by atoms with Crippen LogP contribution in [-0.4, -0.2) is 49.5 Å². The predicted molar refractivity (Wildman–Crippen MR) is 96.4 cm³/mol. The Bertz CT molecular complexity index is 748. The van der Waals surface area contributed by atoms with Gasteiger partial charge in [-0.05, 0) is 32.4 Å². The van der Waals surface area contributed by atoms with Gasteiger partial charge < -0.3 is 4.74 Å². The highest BCUT2D eigenvalue weighted by atomic mass is 32.2. The number of hydrogen-bond donors (Lipinski definition) is 1. The van der Waals surface area contributed by atoms with Gasteiger partial charge in [-0.25, -0.2) is 9.71 Å². The Morgan fingerprint density at radius 2 is 2.00 bits per heavy atom. The SMILES string of the molecule is CC1CN(S(=O)(=O)NCCCc2nc3ccccc3s2)CC(C)O1. The summed E-state index contributed by atoms with van der Waals surface area (Å²) in [7, 11) is -3.44. The van der Waals surface area contributed by atoms with Crippen molar-refractivity contribution in [3.05, 3.63) is 29.3 Å². The third kappa shape index (κ3) is 4.31. The van der Waals surface area contributed by atoms with Gasteiger partial charge in [0.2, 0.25) is 0 Å². The number of ether oxygens (including phenoxy) is 1. The summed E-state index contributed by atoms with van der Waals surface area (Å²) in [4.78, 5) is 4.57. The summed E-state index contributed by atoms with van der Waals surface area (Å²) < 4.78 is 35.7. The summed E-state index contributed by atoms with van der Waals surface area (Å²) in [6, 6.07) is 8.03. The van der Waals surface area contributed by atoms with E-state index in [0.717, 1.165) is 23.4 Å². The van der Waals surface area contributed by atoms with E-state index in [9.17, 15) is 8.42 Å². The van der Waals surface area contributed by atoms with E-state index < -0.39 is 10.2 Å². The summed E-state index contributed by atoms with van der Waals surface area (Å²) in [6.45, 7) is 5.00. The summed E-state index contributed by atoms with van der Waals surface area (Å²) in [5.41, 5.74) is 1.01. The summed E-state index contributed by atoms with van der Waals surface area (Å²) in [5, 5.41) is 1.05.